The van der Waals surface area contributed by atoms with Crippen molar-refractivity contribution in [3.8, 4) is 5.75 Å². The smallest absolute Gasteiger partial charge is 0.269 e. The maximum Gasteiger partial charge on any atom is 0.269 e. The molecule has 1 aromatic carbocycles. The Morgan fingerprint density at radius 2 is 2.14 bits per heavy atom. The highest BCUT2D eigenvalue weighted by Gasteiger charge is 2.15. The molecule has 1 heterocycles. The molecule has 7 heteroatoms. The Morgan fingerprint density at radius 3 is 2.76 bits per heavy atom. The number of nitrogens with one attached hydrogen (secondary N) is 3. The van der Waals surface area contributed by atoms with Crippen molar-refractivity contribution < 1.29 is 14.3 Å². The highest BCUT2D eigenvalue weighted by atomic mass is 32.1. The number of amides is 1. The van der Waals surface area contributed by atoms with Crippen LogP contribution in [0.3, 0.4) is 0 Å². The summed E-state index contributed by atoms with van der Waals surface area (Å²) in [6, 6.07) is 6.81. The molecular weight excluding hydrogens is 290 g/mol. The summed E-state index contributed by atoms with van der Waals surface area (Å²) >= 11 is 5.08. The minimum atomic E-state index is -0.265. The van der Waals surface area contributed by atoms with Crippen molar-refractivity contribution in [2.24, 2.45) is 0 Å². The SMILES string of the molecule is COc1ccc(C(=O)NNC(=S)NC[C@H]2CCCO2)cc1. The third-order valence-electron chi connectivity index (χ3n) is 3.16. The van der Waals surface area contributed by atoms with E-state index < -0.39 is 0 Å². The van der Waals surface area contributed by atoms with Gasteiger partial charge in [-0.05, 0) is 49.3 Å². The number of hydrazine groups is 1. The summed E-state index contributed by atoms with van der Waals surface area (Å²) in [7, 11) is 1.58. The van der Waals surface area contributed by atoms with E-state index in [0.29, 0.717) is 23.0 Å². The molecule has 1 fully saturated rings. The zero-order valence-electron chi connectivity index (χ0n) is 11.8. The third kappa shape index (κ3) is 4.87. The highest BCUT2D eigenvalue weighted by molar-refractivity contribution is 7.80. The summed E-state index contributed by atoms with van der Waals surface area (Å²) in [6.07, 6.45) is 2.32. The van der Waals surface area contributed by atoms with E-state index in [0.717, 1.165) is 19.4 Å². The standard InChI is InChI=1S/C14H19N3O3S/c1-19-11-6-4-10(5-7-11)13(18)16-17-14(21)15-9-12-3-2-8-20-12/h4-7,12H,2-3,8-9H2,1H3,(H,16,18)(H2,15,17,21)/t12-/m1/s1. The number of hydrogen-bond acceptors (Lipinski definition) is 4. The number of benzene rings is 1. The Kier molecular flexibility index (Phi) is 5.77. The molecule has 1 aliphatic rings. The fraction of sp³-hybridized carbons (Fsp3) is 0.429. The van der Waals surface area contributed by atoms with Crippen LogP contribution in [0.15, 0.2) is 24.3 Å². The minimum absolute atomic E-state index is 0.196. The van der Waals surface area contributed by atoms with Crippen LogP contribution in [0, 0.1) is 0 Å². The van der Waals surface area contributed by atoms with Gasteiger partial charge in [0.1, 0.15) is 5.75 Å². The van der Waals surface area contributed by atoms with Crippen molar-refractivity contribution >= 4 is 23.2 Å². The first-order valence-corrected chi connectivity index (χ1v) is 7.19. The van der Waals surface area contributed by atoms with Crippen LogP contribution >= 0.6 is 12.2 Å². The summed E-state index contributed by atoms with van der Waals surface area (Å²) in [5.41, 5.74) is 5.72. The van der Waals surface area contributed by atoms with Crippen LogP contribution < -0.4 is 20.9 Å². The zero-order valence-corrected chi connectivity index (χ0v) is 12.7. The lowest BCUT2D eigenvalue weighted by atomic mass is 10.2. The van der Waals surface area contributed by atoms with Gasteiger partial charge in [0, 0.05) is 18.7 Å². The van der Waals surface area contributed by atoms with Crippen molar-refractivity contribution in [2.45, 2.75) is 18.9 Å². The van der Waals surface area contributed by atoms with E-state index in [9.17, 15) is 4.79 Å². The van der Waals surface area contributed by atoms with Gasteiger partial charge in [0.05, 0.1) is 13.2 Å². The lowest BCUT2D eigenvalue weighted by Crippen LogP contribution is -2.48. The number of ether oxygens (including phenoxy) is 2. The second-order valence-corrected chi connectivity index (χ2v) is 5.06. The second-order valence-electron chi connectivity index (χ2n) is 4.65. The monoisotopic (exact) mass is 309 g/mol. The number of carbonyl (C=O) groups is 1. The second kappa shape index (κ2) is 7.80. The first-order valence-electron chi connectivity index (χ1n) is 6.79. The molecule has 1 aromatic rings. The summed E-state index contributed by atoms with van der Waals surface area (Å²) in [6.45, 7) is 1.45. The molecule has 114 valence electrons. The lowest BCUT2D eigenvalue weighted by molar-refractivity contribution is 0.0943. The van der Waals surface area contributed by atoms with Crippen LogP contribution in [0.2, 0.25) is 0 Å². The quantitative estimate of drug-likeness (QED) is 0.569. The summed E-state index contributed by atoms with van der Waals surface area (Å²) in [5, 5.41) is 3.38. The molecule has 0 unspecified atom stereocenters. The largest absolute Gasteiger partial charge is 0.497 e. The molecule has 0 bridgehead atoms. The molecule has 21 heavy (non-hydrogen) atoms. The van der Waals surface area contributed by atoms with Crippen LogP contribution in [0.4, 0.5) is 0 Å². The average molecular weight is 309 g/mol. The predicted octanol–water partition coefficient (Wildman–Crippen LogP) is 0.983. The molecule has 0 aromatic heterocycles. The van der Waals surface area contributed by atoms with Crippen LogP contribution in [-0.4, -0.2) is 37.4 Å². The maximum absolute atomic E-state index is 11.9. The Bertz CT molecular complexity index is 487. The molecule has 1 saturated heterocycles. The maximum atomic E-state index is 11.9. The number of carbonyl (C=O) groups excluding carboxylic acids is 1. The molecule has 3 N–H and O–H groups in total. The van der Waals surface area contributed by atoms with Crippen LogP contribution in [-0.2, 0) is 4.74 Å². The molecule has 1 amide bonds. The van der Waals surface area contributed by atoms with Gasteiger partial charge in [0.2, 0.25) is 0 Å². The Labute approximate surface area is 129 Å². The molecule has 0 saturated carbocycles. The molecule has 1 atom stereocenters. The Hall–Kier alpha value is -1.86. The first kappa shape index (κ1) is 15.5. The van der Waals surface area contributed by atoms with Gasteiger partial charge in [-0.2, -0.15) is 0 Å². The fourth-order valence-corrected chi connectivity index (χ4v) is 2.12. The first-order chi connectivity index (χ1) is 10.2. The van der Waals surface area contributed by atoms with E-state index in [2.05, 4.69) is 16.2 Å². The van der Waals surface area contributed by atoms with Gasteiger partial charge >= 0.3 is 0 Å². The Morgan fingerprint density at radius 1 is 1.38 bits per heavy atom. The van der Waals surface area contributed by atoms with Crippen molar-refractivity contribution in [3.05, 3.63) is 29.8 Å². The van der Waals surface area contributed by atoms with Crippen LogP contribution in [0.25, 0.3) is 0 Å². The molecule has 2 rings (SSSR count). The van der Waals surface area contributed by atoms with E-state index in [-0.39, 0.29) is 12.0 Å². The Balaban J connectivity index is 1.70. The molecule has 0 aliphatic carbocycles. The van der Waals surface area contributed by atoms with E-state index >= 15 is 0 Å². The van der Waals surface area contributed by atoms with Crippen LogP contribution in [0.1, 0.15) is 23.2 Å². The number of rotatable bonds is 4. The summed E-state index contributed by atoms with van der Waals surface area (Å²) < 4.78 is 10.5. The fourth-order valence-electron chi connectivity index (χ4n) is 1.98. The van der Waals surface area contributed by atoms with E-state index in [1.165, 1.54) is 0 Å². The predicted molar refractivity (Wildman–Crippen MR) is 83.2 cm³/mol. The van der Waals surface area contributed by atoms with Crippen molar-refractivity contribution in [1.29, 1.82) is 0 Å². The third-order valence-corrected chi connectivity index (χ3v) is 3.40. The number of thiocarbonyl (C=S) groups is 1. The zero-order chi connectivity index (χ0) is 15.1. The van der Waals surface area contributed by atoms with Crippen molar-refractivity contribution in [2.75, 3.05) is 20.3 Å². The lowest BCUT2D eigenvalue weighted by Gasteiger charge is -2.14. The van der Waals surface area contributed by atoms with E-state index in [4.69, 9.17) is 21.7 Å². The van der Waals surface area contributed by atoms with Gasteiger partial charge in [-0.1, -0.05) is 0 Å². The van der Waals surface area contributed by atoms with Gasteiger partial charge in [-0.15, -0.1) is 0 Å². The average Bonchev–Trinajstić information content (AvgIpc) is 3.04. The van der Waals surface area contributed by atoms with Gasteiger partial charge in [-0.3, -0.25) is 15.6 Å². The van der Waals surface area contributed by atoms with Crippen LogP contribution in [0.5, 0.6) is 5.75 Å². The van der Waals surface area contributed by atoms with Crippen molar-refractivity contribution in [3.63, 3.8) is 0 Å². The van der Waals surface area contributed by atoms with Gasteiger partial charge in [0.25, 0.3) is 5.91 Å². The summed E-state index contributed by atoms with van der Waals surface area (Å²) in [4.78, 5) is 11.9. The molecule has 0 spiro atoms. The van der Waals surface area contributed by atoms with E-state index in [1.807, 2.05) is 0 Å². The normalized spacial score (nSPS) is 17.1. The van der Waals surface area contributed by atoms with Gasteiger partial charge in [0.15, 0.2) is 5.11 Å². The molecular formula is C14H19N3O3S. The number of methoxy groups -OCH3 is 1. The minimum Gasteiger partial charge on any atom is -0.497 e. The molecule has 1 aliphatic heterocycles. The van der Waals surface area contributed by atoms with E-state index in [1.54, 1.807) is 31.4 Å². The highest BCUT2D eigenvalue weighted by Crippen LogP contribution is 2.11. The topological polar surface area (TPSA) is 71.6 Å². The van der Waals surface area contributed by atoms with Crippen molar-refractivity contribution in [1.82, 2.24) is 16.2 Å². The molecule has 6 nitrogen and oxygen atoms in total. The summed E-state index contributed by atoms with van der Waals surface area (Å²) in [5.74, 6) is 0.437. The van der Waals surface area contributed by atoms with Gasteiger partial charge < -0.3 is 14.8 Å². The molecule has 0 radical (unpaired) electrons. The number of hydrogen-bond donors (Lipinski definition) is 3. The van der Waals surface area contributed by atoms with Gasteiger partial charge in [-0.25, -0.2) is 0 Å².